The highest BCUT2D eigenvalue weighted by Gasteiger charge is 2.11. The van der Waals surface area contributed by atoms with E-state index in [4.69, 9.17) is 0 Å². The van der Waals surface area contributed by atoms with Gasteiger partial charge in [-0.15, -0.1) is 5.10 Å². The van der Waals surface area contributed by atoms with Crippen LogP contribution in [0.5, 0.6) is 0 Å². The molecule has 1 atom stereocenters. The van der Waals surface area contributed by atoms with Crippen molar-refractivity contribution in [3.8, 4) is 0 Å². The highest BCUT2D eigenvalue weighted by Crippen LogP contribution is 2.19. The molecule has 17 heavy (non-hydrogen) atoms. The van der Waals surface area contributed by atoms with Crippen LogP contribution in [0.25, 0.3) is 0 Å². The van der Waals surface area contributed by atoms with Crippen molar-refractivity contribution >= 4 is 11.5 Å². The van der Waals surface area contributed by atoms with Crippen LogP contribution in [-0.4, -0.2) is 14.7 Å². The zero-order valence-corrected chi connectivity index (χ0v) is 10.8. The molecule has 1 heterocycles. The third kappa shape index (κ3) is 3.11. The summed E-state index contributed by atoms with van der Waals surface area (Å²) in [6.07, 6.45) is 0.0303. The lowest BCUT2D eigenvalue weighted by Gasteiger charge is -2.09. The number of hydrogen-bond donors (Lipinski definition) is 1. The van der Waals surface area contributed by atoms with Crippen molar-refractivity contribution in [3.05, 3.63) is 46.5 Å². The summed E-state index contributed by atoms with van der Waals surface area (Å²) < 4.78 is 3.75. The molecule has 2 rings (SSSR count). The highest BCUT2D eigenvalue weighted by molar-refractivity contribution is 7.03. The summed E-state index contributed by atoms with van der Waals surface area (Å²) in [5.74, 6) is 0.539. The first-order chi connectivity index (χ1) is 8.16. The average Bonchev–Trinajstić information content (AvgIpc) is 2.83. The number of aliphatic hydroxyl groups is 1. The Kier molecular flexibility index (Phi) is 3.86. The maximum Gasteiger partial charge on any atom is 0.104 e. The summed E-state index contributed by atoms with van der Waals surface area (Å²) in [4.78, 5) is 0. The predicted octanol–water partition coefficient (Wildman–Crippen LogP) is 2.94. The molecule has 0 amide bonds. The minimum absolute atomic E-state index is 0.539. The van der Waals surface area contributed by atoms with Crippen molar-refractivity contribution in [1.82, 2.24) is 9.59 Å². The molecule has 0 fully saturated rings. The lowest BCUT2D eigenvalue weighted by atomic mass is 9.99. The van der Waals surface area contributed by atoms with Crippen LogP contribution in [0.4, 0.5) is 0 Å². The van der Waals surface area contributed by atoms with Crippen LogP contribution < -0.4 is 0 Å². The van der Waals surface area contributed by atoms with Crippen molar-refractivity contribution in [3.63, 3.8) is 0 Å². The Morgan fingerprint density at radius 1 is 1.24 bits per heavy atom. The summed E-state index contributed by atoms with van der Waals surface area (Å²) in [5.41, 5.74) is 3.09. The van der Waals surface area contributed by atoms with E-state index in [2.05, 4.69) is 47.7 Å². The first-order valence-electron chi connectivity index (χ1n) is 5.70. The largest absolute Gasteiger partial charge is 0.386 e. The zero-order valence-electron chi connectivity index (χ0n) is 10.00. The van der Waals surface area contributed by atoms with Gasteiger partial charge in [0.05, 0.1) is 0 Å². The second kappa shape index (κ2) is 5.38. The molecule has 4 heteroatoms. The van der Waals surface area contributed by atoms with Crippen LogP contribution in [0.3, 0.4) is 0 Å². The average molecular weight is 248 g/mol. The Morgan fingerprint density at radius 3 is 2.47 bits per heavy atom. The standard InChI is InChI=1S/C13H16N2OS/c1-9(2)11-5-3-10(4-6-11)7-13(16)12-8-17-15-14-12/h3-6,8-9,13,16H,7H2,1-2H3. The summed E-state index contributed by atoms with van der Waals surface area (Å²) in [6.45, 7) is 4.34. The van der Waals surface area contributed by atoms with Crippen LogP contribution >= 0.6 is 11.5 Å². The lowest BCUT2D eigenvalue weighted by molar-refractivity contribution is 0.173. The smallest absolute Gasteiger partial charge is 0.104 e. The van der Waals surface area contributed by atoms with Crippen molar-refractivity contribution in [2.24, 2.45) is 0 Å². The first kappa shape index (κ1) is 12.2. The summed E-state index contributed by atoms with van der Waals surface area (Å²) in [6, 6.07) is 8.37. The van der Waals surface area contributed by atoms with Gasteiger partial charge >= 0.3 is 0 Å². The molecule has 1 aromatic heterocycles. The Labute approximate surface area is 105 Å². The molecule has 0 aliphatic heterocycles. The van der Waals surface area contributed by atoms with E-state index in [9.17, 15) is 5.11 Å². The second-order valence-electron chi connectivity index (χ2n) is 4.45. The number of rotatable bonds is 4. The minimum Gasteiger partial charge on any atom is -0.386 e. The molecule has 0 aliphatic rings. The maximum atomic E-state index is 9.95. The molecule has 1 aromatic carbocycles. The van der Waals surface area contributed by atoms with Gasteiger partial charge < -0.3 is 5.11 Å². The molecule has 0 aliphatic carbocycles. The number of benzene rings is 1. The lowest BCUT2D eigenvalue weighted by Crippen LogP contribution is -2.02. The van der Waals surface area contributed by atoms with E-state index < -0.39 is 6.10 Å². The van der Waals surface area contributed by atoms with E-state index >= 15 is 0 Å². The number of nitrogens with zero attached hydrogens (tertiary/aromatic N) is 2. The molecule has 1 unspecified atom stereocenters. The van der Waals surface area contributed by atoms with Crippen molar-refractivity contribution < 1.29 is 5.11 Å². The fourth-order valence-corrected chi connectivity index (χ4v) is 2.18. The van der Waals surface area contributed by atoms with E-state index in [1.54, 1.807) is 5.38 Å². The third-order valence-corrected chi connectivity index (χ3v) is 3.32. The summed E-state index contributed by atoms with van der Waals surface area (Å²) >= 11 is 1.26. The predicted molar refractivity (Wildman–Crippen MR) is 69.1 cm³/mol. The van der Waals surface area contributed by atoms with E-state index in [0.29, 0.717) is 18.0 Å². The molecule has 0 radical (unpaired) electrons. The van der Waals surface area contributed by atoms with E-state index in [1.165, 1.54) is 17.1 Å². The van der Waals surface area contributed by atoms with Crippen LogP contribution in [0.2, 0.25) is 0 Å². The van der Waals surface area contributed by atoms with Gasteiger partial charge in [-0.3, -0.25) is 0 Å². The normalized spacial score (nSPS) is 12.9. The van der Waals surface area contributed by atoms with Gasteiger partial charge in [-0.05, 0) is 28.6 Å². The highest BCUT2D eigenvalue weighted by atomic mass is 32.1. The van der Waals surface area contributed by atoms with Crippen LogP contribution in [0.1, 0.15) is 42.7 Å². The third-order valence-electron chi connectivity index (χ3n) is 2.79. The van der Waals surface area contributed by atoms with Gasteiger partial charge in [0.25, 0.3) is 0 Å². The quantitative estimate of drug-likeness (QED) is 0.905. The molecule has 1 N–H and O–H groups in total. The monoisotopic (exact) mass is 248 g/mol. The Bertz CT molecular complexity index is 451. The number of hydrogen-bond acceptors (Lipinski definition) is 4. The van der Waals surface area contributed by atoms with Crippen LogP contribution in [-0.2, 0) is 6.42 Å². The van der Waals surface area contributed by atoms with Crippen molar-refractivity contribution in [1.29, 1.82) is 0 Å². The molecule has 2 aromatic rings. The number of aliphatic hydroxyl groups excluding tert-OH is 1. The van der Waals surface area contributed by atoms with Gasteiger partial charge in [-0.1, -0.05) is 42.6 Å². The van der Waals surface area contributed by atoms with Gasteiger partial charge in [0.1, 0.15) is 11.8 Å². The van der Waals surface area contributed by atoms with Gasteiger partial charge in [0.2, 0.25) is 0 Å². The fourth-order valence-electron chi connectivity index (χ4n) is 1.68. The Balaban J connectivity index is 2.04. The summed E-state index contributed by atoms with van der Waals surface area (Å²) in [7, 11) is 0. The number of aromatic nitrogens is 2. The van der Waals surface area contributed by atoms with E-state index in [0.717, 1.165) is 5.56 Å². The zero-order chi connectivity index (χ0) is 12.3. The van der Waals surface area contributed by atoms with Crippen molar-refractivity contribution in [2.45, 2.75) is 32.3 Å². The Hall–Kier alpha value is -1.26. The van der Waals surface area contributed by atoms with E-state index in [-0.39, 0.29) is 0 Å². The molecule has 0 saturated heterocycles. The van der Waals surface area contributed by atoms with Gasteiger partial charge in [-0.2, -0.15) is 0 Å². The molecular formula is C13H16N2OS. The maximum absolute atomic E-state index is 9.95. The second-order valence-corrected chi connectivity index (χ2v) is 5.06. The molecule has 0 bridgehead atoms. The van der Waals surface area contributed by atoms with Gasteiger partial charge in [0.15, 0.2) is 0 Å². The topological polar surface area (TPSA) is 46.0 Å². The summed E-state index contributed by atoms with van der Waals surface area (Å²) in [5, 5.41) is 15.6. The molecule has 90 valence electrons. The van der Waals surface area contributed by atoms with Crippen molar-refractivity contribution in [2.75, 3.05) is 0 Å². The van der Waals surface area contributed by atoms with Crippen LogP contribution in [0.15, 0.2) is 29.6 Å². The molecule has 3 nitrogen and oxygen atoms in total. The van der Waals surface area contributed by atoms with Gasteiger partial charge in [-0.25, -0.2) is 0 Å². The molecule has 0 spiro atoms. The fraction of sp³-hybridized carbons (Fsp3) is 0.385. The minimum atomic E-state index is -0.557. The Morgan fingerprint density at radius 2 is 1.94 bits per heavy atom. The van der Waals surface area contributed by atoms with E-state index in [1.807, 2.05) is 0 Å². The van der Waals surface area contributed by atoms with Gasteiger partial charge in [0, 0.05) is 11.8 Å². The molecule has 0 saturated carbocycles. The first-order valence-corrected chi connectivity index (χ1v) is 6.54. The van der Waals surface area contributed by atoms with Crippen LogP contribution in [0, 0.1) is 0 Å². The molecular weight excluding hydrogens is 232 g/mol. The SMILES string of the molecule is CC(C)c1ccc(CC(O)c2csnn2)cc1.